The van der Waals surface area contributed by atoms with Gasteiger partial charge in [-0.3, -0.25) is 0 Å². The molecule has 0 amide bonds. The molecule has 1 N–H and O–H groups in total. The topological polar surface area (TPSA) is 21.3 Å². The van der Waals surface area contributed by atoms with E-state index in [-0.39, 0.29) is 0 Å². The number of benzene rings is 3. The van der Waals surface area contributed by atoms with Crippen LogP contribution in [0.25, 0.3) is 10.8 Å². The van der Waals surface area contributed by atoms with E-state index < -0.39 is 0 Å². The monoisotopic (exact) mass is 277 g/mol. The van der Waals surface area contributed by atoms with Gasteiger partial charge in [0.25, 0.3) is 0 Å². The van der Waals surface area contributed by atoms with Crippen molar-refractivity contribution in [2.24, 2.45) is 0 Å². The number of methoxy groups -OCH3 is 1. The summed E-state index contributed by atoms with van der Waals surface area (Å²) in [6.07, 6.45) is 0. The van der Waals surface area contributed by atoms with Crippen molar-refractivity contribution >= 4 is 10.8 Å². The van der Waals surface area contributed by atoms with Crippen molar-refractivity contribution < 1.29 is 4.74 Å². The van der Waals surface area contributed by atoms with Gasteiger partial charge in [-0.2, -0.15) is 0 Å². The normalized spacial score (nSPS) is 10.7. The van der Waals surface area contributed by atoms with Crippen LogP contribution in [0.5, 0.6) is 5.75 Å². The van der Waals surface area contributed by atoms with Gasteiger partial charge in [0.05, 0.1) is 7.11 Å². The van der Waals surface area contributed by atoms with E-state index in [1.54, 1.807) is 7.11 Å². The van der Waals surface area contributed by atoms with Crippen molar-refractivity contribution in [3.8, 4) is 5.75 Å². The zero-order chi connectivity index (χ0) is 14.5. The maximum atomic E-state index is 5.44. The standard InChI is InChI=1S/C19H19NO/c1-21-19-12-11-16(17-9-5-6-10-18(17)19)14-20-13-15-7-3-2-4-8-15/h2-12,20H,13-14H2,1H3. The number of rotatable bonds is 5. The molecule has 0 aliphatic rings. The highest BCUT2D eigenvalue weighted by Gasteiger charge is 2.05. The van der Waals surface area contributed by atoms with Gasteiger partial charge in [0.15, 0.2) is 0 Å². The summed E-state index contributed by atoms with van der Waals surface area (Å²) < 4.78 is 5.44. The van der Waals surface area contributed by atoms with Gasteiger partial charge >= 0.3 is 0 Å². The van der Waals surface area contributed by atoms with Crippen LogP contribution in [-0.4, -0.2) is 7.11 Å². The Morgan fingerprint density at radius 1 is 0.762 bits per heavy atom. The number of nitrogens with one attached hydrogen (secondary N) is 1. The number of hydrogen-bond acceptors (Lipinski definition) is 2. The van der Waals surface area contributed by atoms with E-state index in [1.165, 1.54) is 21.9 Å². The highest BCUT2D eigenvalue weighted by Crippen LogP contribution is 2.28. The lowest BCUT2D eigenvalue weighted by atomic mass is 10.0. The van der Waals surface area contributed by atoms with Gasteiger partial charge in [0.1, 0.15) is 5.75 Å². The fraction of sp³-hybridized carbons (Fsp3) is 0.158. The molecular formula is C19H19NO. The third-order valence-corrected chi connectivity index (χ3v) is 3.68. The summed E-state index contributed by atoms with van der Waals surface area (Å²) in [5, 5.41) is 5.92. The Kier molecular flexibility index (Phi) is 4.17. The zero-order valence-electron chi connectivity index (χ0n) is 12.2. The summed E-state index contributed by atoms with van der Waals surface area (Å²) in [4.78, 5) is 0. The first-order valence-electron chi connectivity index (χ1n) is 7.18. The predicted octanol–water partition coefficient (Wildman–Crippen LogP) is 4.14. The second-order valence-corrected chi connectivity index (χ2v) is 5.06. The molecule has 3 aromatic carbocycles. The Labute approximate surface area is 125 Å². The van der Waals surface area contributed by atoms with E-state index in [2.05, 4.69) is 53.8 Å². The molecule has 0 aliphatic heterocycles. The molecule has 0 heterocycles. The van der Waals surface area contributed by atoms with Crippen LogP contribution in [0.2, 0.25) is 0 Å². The van der Waals surface area contributed by atoms with Crippen molar-refractivity contribution in [3.05, 3.63) is 77.9 Å². The summed E-state index contributed by atoms with van der Waals surface area (Å²) in [5.41, 5.74) is 2.60. The Hall–Kier alpha value is -2.32. The van der Waals surface area contributed by atoms with Gasteiger partial charge in [-0.05, 0) is 22.6 Å². The van der Waals surface area contributed by atoms with Crippen molar-refractivity contribution in [2.75, 3.05) is 7.11 Å². The first-order valence-corrected chi connectivity index (χ1v) is 7.18. The van der Waals surface area contributed by atoms with E-state index in [0.717, 1.165) is 18.8 Å². The Morgan fingerprint density at radius 2 is 1.48 bits per heavy atom. The van der Waals surface area contributed by atoms with Gasteiger partial charge in [0.2, 0.25) is 0 Å². The quantitative estimate of drug-likeness (QED) is 0.757. The Balaban J connectivity index is 1.78. The molecule has 21 heavy (non-hydrogen) atoms. The smallest absolute Gasteiger partial charge is 0.126 e. The molecule has 0 atom stereocenters. The largest absolute Gasteiger partial charge is 0.496 e. The fourth-order valence-electron chi connectivity index (χ4n) is 2.60. The lowest BCUT2D eigenvalue weighted by Crippen LogP contribution is -2.12. The second kappa shape index (κ2) is 6.42. The van der Waals surface area contributed by atoms with Crippen LogP contribution in [0.1, 0.15) is 11.1 Å². The minimum Gasteiger partial charge on any atom is -0.496 e. The van der Waals surface area contributed by atoms with Crippen LogP contribution in [0, 0.1) is 0 Å². The first-order chi connectivity index (χ1) is 10.4. The van der Waals surface area contributed by atoms with E-state index >= 15 is 0 Å². The minimum absolute atomic E-state index is 0.847. The van der Waals surface area contributed by atoms with Crippen molar-refractivity contribution in [1.29, 1.82) is 0 Å². The van der Waals surface area contributed by atoms with Crippen molar-refractivity contribution in [1.82, 2.24) is 5.32 Å². The van der Waals surface area contributed by atoms with Crippen molar-refractivity contribution in [2.45, 2.75) is 13.1 Å². The van der Waals surface area contributed by atoms with Gasteiger partial charge in [0, 0.05) is 18.5 Å². The molecule has 0 aliphatic carbocycles. The van der Waals surface area contributed by atoms with E-state index in [1.807, 2.05) is 18.2 Å². The number of fused-ring (bicyclic) bond motifs is 1. The molecule has 106 valence electrons. The van der Waals surface area contributed by atoms with Crippen LogP contribution >= 0.6 is 0 Å². The van der Waals surface area contributed by atoms with Crippen LogP contribution in [0.3, 0.4) is 0 Å². The third kappa shape index (κ3) is 3.06. The van der Waals surface area contributed by atoms with E-state index in [9.17, 15) is 0 Å². The lowest BCUT2D eigenvalue weighted by molar-refractivity contribution is 0.419. The van der Waals surface area contributed by atoms with Crippen LogP contribution in [0.4, 0.5) is 0 Å². The highest BCUT2D eigenvalue weighted by atomic mass is 16.5. The average Bonchev–Trinajstić information content (AvgIpc) is 2.56. The average molecular weight is 277 g/mol. The summed E-state index contributed by atoms with van der Waals surface area (Å²) in [6, 6.07) is 23.0. The lowest BCUT2D eigenvalue weighted by Gasteiger charge is -2.11. The summed E-state index contributed by atoms with van der Waals surface area (Å²) in [7, 11) is 1.72. The molecular weight excluding hydrogens is 258 g/mol. The zero-order valence-corrected chi connectivity index (χ0v) is 12.2. The second-order valence-electron chi connectivity index (χ2n) is 5.06. The van der Waals surface area contributed by atoms with Gasteiger partial charge in [-0.25, -0.2) is 0 Å². The number of ether oxygens (including phenoxy) is 1. The molecule has 0 bridgehead atoms. The molecule has 2 heteroatoms. The van der Waals surface area contributed by atoms with Gasteiger partial charge < -0.3 is 10.1 Å². The molecule has 0 saturated carbocycles. The maximum absolute atomic E-state index is 5.44. The molecule has 2 nitrogen and oxygen atoms in total. The predicted molar refractivity (Wildman–Crippen MR) is 87.5 cm³/mol. The first kappa shape index (κ1) is 13.7. The molecule has 0 fully saturated rings. The Morgan fingerprint density at radius 3 is 2.24 bits per heavy atom. The highest BCUT2D eigenvalue weighted by molar-refractivity contribution is 5.91. The molecule has 0 unspecified atom stereocenters. The van der Waals surface area contributed by atoms with Crippen LogP contribution < -0.4 is 10.1 Å². The number of hydrogen-bond donors (Lipinski definition) is 1. The fourth-order valence-corrected chi connectivity index (χ4v) is 2.60. The minimum atomic E-state index is 0.847. The summed E-state index contributed by atoms with van der Waals surface area (Å²) in [5.74, 6) is 0.928. The molecule has 0 saturated heterocycles. The molecule has 0 aromatic heterocycles. The molecule has 0 spiro atoms. The van der Waals surface area contributed by atoms with E-state index in [0.29, 0.717) is 0 Å². The SMILES string of the molecule is COc1ccc(CNCc2ccccc2)c2ccccc12. The van der Waals surface area contributed by atoms with Gasteiger partial charge in [-0.1, -0.05) is 60.7 Å². The Bertz CT molecular complexity index is 722. The third-order valence-electron chi connectivity index (χ3n) is 3.68. The summed E-state index contributed by atoms with van der Waals surface area (Å²) in [6.45, 7) is 1.72. The van der Waals surface area contributed by atoms with E-state index in [4.69, 9.17) is 4.74 Å². The van der Waals surface area contributed by atoms with Crippen molar-refractivity contribution in [3.63, 3.8) is 0 Å². The maximum Gasteiger partial charge on any atom is 0.126 e. The summed E-state index contributed by atoms with van der Waals surface area (Å²) >= 11 is 0. The molecule has 3 aromatic rings. The molecule has 0 radical (unpaired) electrons. The van der Waals surface area contributed by atoms with Crippen LogP contribution in [-0.2, 0) is 13.1 Å². The molecule has 3 rings (SSSR count). The van der Waals surface area contributed by atoms with Crippen LogP contribution in [0.15, 0.2) is 66.7 Å². The van der Waals surface area contributed by atoms with Gasteiger partial charge in [-0.15, -0.1) is 0 Å².